The third-order valence-electron chi connectivity index (χ3n) is 5.90. The molecule has 0 N–H and O–H groups in total. The van der Waals surface area contributed by atoms with Crippen LogP contribution in [0.15, 0.2) is 24.3 Å². The van der Waals surface area contributed by atoms with E-state index in [-0.39, 0.29) is 11.4 Å². The van der Waals surface area contributed by atoms with Crippen molar-refractivity contribution in [2.45, 2.75) is 65.7 Å². The summed E-state index contributed by atoms with van der Waals surface area (Å²) in [5.41, 5.74) is 2.45. The largest absolute Gasteiger partial charge is 0.469 e. The summed E-state index contributed by atoms with van der Waals surface area (Å²) in [6.07, 6.45) is 5.42. The normalized spacial score (nSPS) is 27.9. The summed E-state index contributed by atoms with van der Waals surface area (Å²) in [5, 5.41) is 0. The molecule has 1 aliphatic rings. The zero-order chi connectivity index (χ0) is 17.0. The van der Waals surface area contributed by atoms with E-state index in [0.29, 0.717) is 17.8 Å². The molecule has 2 rings (SSSR count). The van der Waals surface area contributed by atoms with Gasteiger partial charge in [-0.2, -0.15) is 0 Å². The SMILES string of the molecule is COC(=O)C1(C)CCCC(C)C1CCc1ccc(C(C)C)cc1. The number of hydrogen-bond donors (Lipinski definition) is 0. The van der Waals surface area contributed by atoms with E-state index in [0.717, 1.165) is 25.7 Å². The molecule has 1 aliphatic carbocycles. The topological polar surface area (TPSA) is 26.3 Å². The maximum absolute atomic E-state index is 12.4. The summed E-state index contributed by atoms with van der Waals surface area (Å²) < 4.78 is 5.13. The molecule has 0 bridgehead atoms. The van der Waals surface area contributed by atoms with Gasteiger partial charge < -0.3 is 4.74 Å². The second-order valence-corrected chi connectivity index (χ2v) is 7.82. The van der Waals surface area contributed by atoms with E-state index in [4.69, 9.17) is 4.74 Å². The highest BCUT2D eigenvalue weighted by atomic mass is 16.5. The molecule has 0 saturated heterocycles. The van der Waals surface area contributed by atoms with E-state index in [9.17, 15) is 4.79 Å². The molecule has 1 aromatic rings. The van der Waals surface area contributed by atoms with Crippen molar-refractivity contribution in [2.24, 2.45) is 17.3 Å². The molecule has 2 heteroatoms. The van der Waals surface area contributed by atoms with Crippen molar-refractivity contribution in [3.63, 3.8) is 0 Å². The van der Waals surface area contributed by atoms with Crippen molar-refractivity contribution < 1.29 is 9.53 Å². The lowest BCUT2D eigenvalue weighted by atomic mass is 9.61. The fourth-order valence-corrected chi connectivity index (χ4v) is 4.29. The van der Waals surface area contributed by atoms with E-state index >= 15 is 0 Å². The number of benzene rings is 1. The number of aryl methyl sites for hydroxylation is 1. The predicted molar refractivity (Wildman–Crippen MR) is 95.5 cm³/mol. The van der Waals surface area contributed by atoms with Gasteiger partial charge in [0.05, 0.1) is 12.5 Å². The van der Waals surface area contributed by atoms with Gasteiger partial charge >= 0.3 is 5.97 Å². The average Bonchev–Trinajstić information content (AvgIpc) is 2.54. The first-order valence-corrected chi connectivity index (χ1v) is 9.05. The Kier molecular flexibility index (Phi) is 5.89. The van der Waals surface area contributed by atoms with Crippen LogP contribution in [0, 0.1) is 17.3 Å². The van der Waals surface area contributed by atoms with Crippen LogP contribution in [-0.4, -0.2) is 13.1 Å². The van der Waals surface area contributed by atoms with Gasteiger partial charge in [0.2, 0.25) is 0 Å². The minimum Gasteiger partial charge on any atom is -0.469 e. The fraction of sp³-hybridized carbons (Fsp3) is 0.667. The van der Waals surface area contributed by atoms with Crippen LogP contribution in [0.25, 0.3) is 0 Å². The van der Waals surface area contributed by atoms with Gasteiger partial charge in [-0.05, 0) is 55.1 Å². The fourth-order valence-electron chi connectivity index (χ4n) is 4.29. The van der Waals surface area contributed by atoms with Gasteiger partial charge in [-0.25, -0.2) is 0 Å². The van der Waals surface area contributed by atoms with Gasteiger partial charge in [0.15, 0.2) is 0 Å². The maximum atomic E-state index is 12.4. The van der Waals surface area contributed by atoms with Crippen LogP contribution >= 0.6 is 0 Å². The summed E-state index contributed by atoms with van der Waals surface area (Å²) in [7, 11) is 1.52. The minimum absolute atomic E-state index is 0.0239. The molecule has 0 aromatic heterocycles. The molecule has 3 atom stereocenters. The number of carbonyl (C=O) groups is 1. The average molecular weight is 316 g/mol. The third kappa shape index (κ3) is 3.97. The number of methoxy groups -OCH3 is 1. The predicted octanol–water partition coefficient (Wildman–Crippen LogP) is 5.36. The maximum Gasteiger partial charge on any atom is 0.311 e. The van der Waals surface area contributed by atoms with Gasteiger partial charge in [-0.3, -0.25) is 4.79 Å². The van der Waals surface area contributed by atoms with Gasteiger partial charge in [0.1, 0.15) is 0 Å². The lowest BCUT2D eigenvalue weighted by molar-refractivity contribution is -0.159. The molecular weight excluding hydrogens is 284 g/mol. The van der Waals surface area contributed by atoms with Crippen molar-refractivity contribution in [3.05, 3.63) is 35.4 Å². The summed E-state index contributed by atoms with van der Waals surface area (Å²) in [6, 6.07) is 8.98. The Morgan fingerprint density at radius 3 is 2.52 bits per heavy atom. The number of ether oxygens (including phenoxy) is 1. The monoisotopic (exact) mass is 316 g/mol. The van der Waals surface area contributed by atoms with Crippen molar-refractivity contribution in [2.75, 3.05) is 7.11 Å². The molecule has 2 nitrogen and oxygen atoms in total. The van der Waals surface area contributed by atoms with Gasteiger partial charge in [0, 0.05) is 0 Å². The zero-order valence-electron chi connectivity index (χ0n) is 15.4. The standard InChI is InChI=1S/C21H32O2/c1-15(2)18-11-8-17(9-12-18)10-13-19-16(3)7-6-14-21(19,4)20(22)23-5/h8-9,11-12,15-16,19H,6-7,10,13-14H2,1-5H3. The summed E-state index contributed by atoms with van der Waals surface area (Å²) in [5.74, 6) is 1.55. The molecule has 0 amide bonds. The van der Waals surface area contributed by atoms with Crippen LogP contribution in [0.4, 0.5) is 0 Å². The van der Waals surface area contributed by atoms with Crippen LogP contribution in [0.2, 0.25) is 0 Å². The lowest BCUT2D eigenvalue weighted by Crippen LogP contribution is -2.43. The van der Waals surface area contributed by atoms with Crippen LogP contribution < -0.4 is 0 Å². The highest BCUT2D eigenvalue weighted by Gasteiger charge is 2.46. The number of esters is 1. The summed E-state index contributed by atoms with van der Waals surface area (Å²) in [6.45, 7) is 8.86. The Labute approximate surface area is 141 Å². The first-order valence-electron chi connectivity index (χ1n) is 9.05. The highest BCUT2D eigenvalue weighted by molar-refractivity contribution is 5.76. The van der Waals surface area contributed by atoms with Crippen molar-refractivity contribution in [3.8, 4) is 0 Å². The first kappa shape index (κ1) is 18.0. The molecule has 1 saturated carbocycles. The molecule has 0 spiro atoms. The molecule has 1 fully saturated rings. The van der Waals surface area contributed by atoms with Gasteiger partial charge in [-0.15, -0.1) is 0 Å². The van der Waals surface area contributed by atoms with Crippen molar-refractivity contribution >= 4 is 5.97 Å². The van der Waals surface area contributed by atoms with E-state index in [1.807, 2.05) is 0 Å². The van der Waals surface area contributed by atoms with E-state index in [1.54, 1.807) is 0 Å². The molecule has 0 heterocycles. The Balaban J connectivity index is 2.07. The molecular formula is C21H32O2. The second-order valence-electron chi connectivity index (χ2n) is 7.82. The summed E-state index contributed by atoms with van der Waals surface area (Å²) in [4.78, 5) is 12.4. The van der Waals surface area contributed by atoms with Crippen molar-refractivity contribution in [1.29, 1.82) is 0 Å². The molecule has 23 heavy (non-hydrogen) atoms. The molecule has 128 valence electrons. The Morgan fingerprint density at radius 2 is 1.96 bits per heavy atom. The number of carbonyl (C=O) groups excluding carboxylic acids is 1. The minimum atomic E-state index is -0.315. The molecule has 3 unspecified atom stereocenters. The van der Waals surface area contributed by atoms with Crippen LogP contribution in [0.3, 0.4) is 0 Å². The second kappa shape index (κ2) is 7.51. The molecule has 0 radical (unpaired) electrons. The van der Waals surface area contributed by atoms with E-state index in [1.165, 1.54) is 24.7 Å². The van der Waals surface area contributed by atoms with Crippen LogP contribution in [-0.2, 0) is 16.0 Å². The van der Waals surface area contributed by atoms with Gasteiger partial charge in [0.25, 0.3) is 0 Å². The number of rotatable bonds is 5. The Morgan fingerprint density at radius 1 is 1.30 bits per heavy atom. The van der Waals surface area contributed by atoms with Crippen LogP contribution in [0.1, 0.15) is 70.4 Å². The van der Waals surface area contributed by atoms with Crippen LogP contribution in [0.5, 0.6) is 0 Å². The Bertz CT molecular complexity index is 517. The van der Waals surface area contributed by atoms with Gasteiger partial charge in [-0.1, -0.05) is 57.9 Å². The van der Waals surface area contributed by atoms with Crippen molar-refractivity contribution in [1.82, 2.24) is 0 Å². The van der Waals surface area contributed by atoms with E-state index < -0.39 is 0 Å². The van der Waals surface area contributed by atoms with E-state index in [2.05, 4.69) is 52.0 Å². The Hall–Kier alpha value is -1.31. The number of hydrogen-bond acceptors (Lipinski definition) is 2. The molecule has 1 aromatic carbocycles. The first-order chi connectivity index (χ1) is 10.9. The highest BCUT2D eigenvalue weighted by Crippen LogP contribution is 2.47. The quantitative estimate of drug-likeness (QED) is 0.684. The smallest absolute Gasteiger partial charge is 0.311 e. The zero-order valence-corrected chi connectivity index (χ0v) is 15.4. The third-order valence-corrected chi connectivity index (χ3v) is 5.90. The molecule has 0 aliphatic heterocycles. The summed E-state index contributed by atoms with van der Waals surface area (Å²) >= 11 is 0. The lowest BCUT2D eigenvalue weighted by Gasteiger charge is -2.43.